The fourth-order valence-corrected chi connectivity index (χ4v) is 5.02. The van der Waals surface area contributed by atoms with Crippen LogP contribution in [0.1, 0.15) is 32.1 Å². The highest BCUT2D eigenvalue weighted by Gasteiger charge is 2.50. The molecule has 4 rings (SSSR count). The molecule has 6 nitrogen and oxygen atoms in total. The van der Waals surface area contributed by atoms with Crippen LogP contribution in [0.4, 0.5) is 20.5 Å². The number of halogens is 4. The van der Waals surface area contributed by atoms with Gasteiger partial charge in [0.05, 0.1) is 15.6 Å². The first-order valence-electron chi connectivity index (χ1n) is 10.1. The molecule has 0 radical (unpaired) electrons. The van der Waals surface area contributed by atoms with Gasteiger partial charge in [0.1, 0.15) is 5.82 Å². The van der Waals surface area contributed by atoms with Gasteiger partial charge >= 0.3 is 0 Å². The molecule has 1 aliphatic heterocycles. The molecule has 1 saturated carbocycles. The van der Waals surface area contributed by atoms with Crippen LogP contribution in [0.2, 0.25) is 10.0 Å². The molecular formula is C21H27Cl2F2N5O. The molecule has 170 valence electrons. The molecule has 1 aliphatic carbocycles. The molecule has 10 heteroatoms. The third-order valence-corrected chi connectivity index (χ3v) is 7.10. The topological polar surface area (TPSA) is 90.2 Å². The van der Waals surface area contributed by atoms with Crippen molar-refractivity contribution in [1.29, 1.82) is 0 Å². The Bertz CT molecular complexity index is 1020. The number of rotatable bonds is 2. The zero-order chi connectivity index (χ0) is 23.0. The predicted octanol–water partition coefficient (Wildman–Crippen LogP) is 4.32. The van der Waals surface area contributed by atoms with E-state index < -0.39 is 5.92 Å². The van der Waals surface area contributed by atoms with Gasteiger partial charge in [0.25, 0.3) is 5.56 Å². The second-order valence-electron chi connectivity index (χ2n) is 8.16. The van der Waals surface area contributed by atoms with Gasteiger partial charge in [0.15, 0.2) is 0 Å². The molecule has 1 saturated heterocycles. The van der Waals surface area contributed by atoms with Crippen molar-refractivity contribution >= 4 is 35.0 Å². The van der Waals surface area contributed by atoms with E-state index in [0.29, 0.717) is 48.9 Å². The molecular weight excluding hydrogens is 447 g/mol. The fourth-order valence-electron chi connectivity index (χ4n) is 4.62. The van der Waals surface area contributed by atoms with Crippen molar-refractivity contribution in [2.45, 2.75) is 38.0 Å². The summed E-state index contributed by atoms with van der Waals surface area (Å²) in [6, 6.07) is 5.00. The van der Waals surface area contributed by atoms with Crippen LogP contribution in [0.5, 0.6) is 0 Å². The summed E-state index contributed by atoms with van der Waals surface area (Å²) in [5, 5.41) is 0.569. The van der Waals surface area contributed by atoms with Gasteiger partial charge in [-0.15, -0.1) is 0 Å². The highest BCUT2D eigenvalue weighted by Crippen LogP contribution is 2.53. The number of aromatic nitrogens is 2. The number of hydrogen-bond acceptors (Lipinski definition) is 5. The summed E-state index contributed by atoms with van der Waals surface area (Å²) in [7, 11) is 3.13. The van der Waals surface area contributed by atoms with E-state index in [1.807, 2.05) is 4.90 Å². The quantitative estimate of drug-likeness (QED) is 0.677. The zero-order valence-corrected chi connectivity index (χ0v) is 19.1. The van der Waals surface area contributed by atoms with Crippen molar-refractivity contribution in [2.24, 2.45) is 18.2 Å². The van der Waals surface area contributed by atoms with E-state index in [-0.39, 0.29) is 40.2 Å². The molecule has 2 fully saturated rings. The summed E-state index contributed by atoms with van der Waals surface area (Å²) >= 11 is 12.3. The van der Waals surface area contributed by atoms with Gasteiger partial charge in [-0.2, -0.15) is 4.98 Å². The molecule has 0 bridgehead atoms. The third-order valence-electron chi connectivity index (χ3n) is 6.28. The molecule has 2 aliphatic rings. The number of hydrogen-bond donors (Lipinski definition) is 2. The second-order valence-corrected chi connectivity index (χ2v) is 8.94. The summed E-state index contributed by atoms with van der Waals surface area (Å²) in [6.07, 6.45) is 1.77. The number of benzene rings is 1. The molecule has 2 heterocycles. The van der Waals surface area contributed by atoms with Crippen LogP contribution in [0.25, 0.3) is 11.1 Å². The molecule has 1 aromatic carbocycles. The van der Waals surface area contributed by atoms with Gasteiger partial charge in [-0.3, -0.25) is 9.36 Å². The number of anilines is 2. The van der Waals surface area contributed by atoms with Gasteiger partial charge in [-0.1, -0.05) is 35.3 Å². The van der Waals surface area contributed by atoms with Crippen molar-refractivity contribution in [3.8, 4) is 11.1 Å². The molecule has 2 aromatic rings. The maximum atomic E-state index is 13.7. The summed E-state index contributed by atoms with van der Waals surface area (Å²) in [6.45, 7) is 1.13. The minimum Gasteiger partial charge on any atom is -0.383 e. The van der Waals surface area contributed by atoms with Gasteiger partial charge < -0.3 is 16.4 Å². The molecule has 0 amide bonds. The maximum absolute atomic E-state index is 13.7. The van der Waals surface area contributed by atoms with Gasteiger partial charge in [-0.25, -0.2) is 8.78 Å². The van der Waals surface area contributed by atoms with Crippen LogP contribution in [0.15, 0.2) is 23.0 Å². The first-order chi connectivity index (χ1) is 14.6. The first kappa shape index (κ1) is 23.8. The lowest BCUT2D eigenvalue weighted by atomic mass is 9.77. The van der Waals surface area contributed by atoms with Crippen molar-refractivity contribution in [1.82, 2.24) is 9.55 Å². The van der Waals surface area contributed by atoms with E-state index in [9.17, 15) is 13.6 Å². The Hall–Kier alpha value is -1.90. The predicted molar refractivity (Wildman–Crippen MR) is 122 cm³/mol. The zero-order valence-electron chi connectivity index (χ0n) is 17.6. The van der Waals surface area contributed by atoms with Crippen LogP contribution < -0.4 is 21.9 Å². The summed E-state index contributed by atoms with van der Waals surface area (Å²) in [4.78, 5) is 19.5. The van der Waals surface area contributed by atoms with Crippen LogP contribution in [-0.2, 0) is 7.05 Å². The average molecular weight is 474 g/mol. The van der Waals surface area contributed by atoms with Crippen LogP contribution >= 0.6 is 23.2 Å². The highest BCUT2D eigenvalue weighted by atomic mass is 35.5. The Morgan fingerprint density at radius 1 is 1.10 bits per heavy atom. The van der Waals surface area contributed by atoms with Crippen molar-refractivity contribution < 1.29 is 8.78 Å². The number of nitrogens with zero attached hydrogens (tertiary/aromatic N) is 3. The van der Waals surface area contributed by atoms with Crippen molar-refractivity contribution in [3.63, 3.8) is 0 Å². The molecule has 1 spiro atoms. The molecule has 31 heavy (non-hydrogen) atoms. The van der Waals surface area contributed by atoms with Crippen molar-refractivity contribution in [3.05, 3.63) is 38.6 Å². The number of nitrogens with two attached hydrogens (primary N) is 2. The van der Waals surface area contributed by atoms with Crippen LogP contribution in [0.3, 0.4) is 0 Å². The smallest absolute Gasteiger partial charge is 0.264 e. The number of piperidine rings is 1. The largest absolute Gasteiger partial charge is 0.383 e. The highest BCUT2D eigenvalue weighted by molar-refractivity contribution is 6.43. The van der Waals surface area contributed by atoms with E-state index in [1.54, 1.807) is 25.2 Å². The van der Waals surface area contributed by atoms with E-state index in [1.165, 1.54) is 11.6 Å². The molecule has 4 N–H and O–H groups in total. The Balaban J connectivity index is 0.00000132. The van der Waals surface area contributed by atoms with Gasteiger partial charge in [0, 0.05) is 38.5 Å². The van der Waals surface area contributed by atoms with Crippen LogP contribution in [-0.4, -0.2) is 35.6 Å². The Labute approximate surface area is 190 Å². The lowest BCUT2D eigenvalue weighted by Crippen LogP contribution is -2.42. The van der Waals surface area contributed by atoms with Gasteiger partial charge in [-0.05, 0) is 37.8 Å². The fraction of sp³-hybridized carbons (Fsp3) is 0.524. The second kappa shape index (κ2) is 8.92. The van der Waals surface area contributed by atoms with E-state index in [2.05, 4.69) is 10.7 Å². The SMILES string of the molecule is CN.Cn1c(N2CCC3(CC2)CCC(F)(F)C3)nc(N)c(-c2cccc(Cl)c2Cl)c1=O. The molecule has 1 aromatic heterocycles. The Morgan fingerprint density at radius 2 is 1.74 bits per heavy atom. The lowest BCUT2D eigenvalue weighted by molar-refractivity contribution is -0.00685. The minimum absolute atomic E-state index is 0.0359. The Kier molecular flexibility index (Phi) is 6.84. The minimum atomic E-state index is -2.56. The normalized spacial score (nSPS) is 19.3. The molecule has 0 unspecified atom stereocenters. The summed E-state index contributed by atoms with van der Waals surface area (Å²) in [5.74, 6) is -2.05. The number of alkyl halides is 2. The average Bonchev–Trinajstić information content (AvgIpc) is 3.04. The lowest BCUT2D eigenvalue weighted by Gasteiger charge is -2.40. The Morgan fingerprint density at radius 3 is 2.32 bits per heavy atom. The summed E-state index contributed by atoms with van der Waals surface area (Å²) in [5.41, 5.74) is 10.6. The standard InChI is InChI=1S/C20H22Cl2F2N4O.CH5N/c1-27-17(29)14(12-3-2-4-13(21)15(12)22)16(25)26-18(27)28-9-7-19(8-10-28)5-6-20(23,24)11-19;1-2/h2-4H,5-11,25H2,1H3;2H2,1H3. The number of nitrogen functional groups attached to an aromatic ring is 1. The van der Waals surface area contributed by atoms with Crippen molar-refractivity contribution in [2.75, 3.05) is 30.8 Å². The van der Waals surface area contributed by atoms with Crippen LogP contribution in [0, 0.1) is 5.41 Å². The van der Waals surface area contributed by atoms with E-state index in [0.717, 1.165) is 0 Å². The van der Waals surface area contributed by atoms with E-state index in [4.69, 9.17) is 28.9 Å². The first-order valence-corrected chi connectivity index (χ1v) is 10.9. The maximum Gasteiger partial charge on any atom is 0.264 e. The van der Waals surface area contributed by atoms with E-state index >= 15 is 0 Å². The monoisotopic (exact) mass is 473 g/mol. The molecule has 0 atom stereocenters. The summed E-state index contributed by atoms with van der Waals surface area (Å²) < 4.78 is 28.9. The third kappa shape index (κ3) is 4.52. The van der Waals surface area contributed by atoms with Gasteiger partial charge in [0.2, 0.25) is 11.9 Å².